The third kappa shape index (κ3) is 2.33. The molecule has 1 aromatic carbocycles. The highest BCUT2D eigenvalue weighted by atomic mass is 16.6. The maximum absolute atomic E-state index is 12.1. The van der Waals surface area contributed by atoms with Gasteiger partial charge in [-0.25, -0.2) is 4.79 Å². The van der Waals surface area contributed by atoms with Crippen LogP contribution in [0.5, 0.6) is 0 Å². The van der Waals surface area contributed by atoms with Gasteiger partial charge in [0.15, 0.2) is 0 Å². The SMILES string of the molecule is O=C(OCc1ccccc1)N1C[C@H]2C(CO)C[C@@]2(C(=O)O)C1. The number of hydrogen-bond donors (Lipinski definition) is 2. The molecule has 22 heavy (non-hydrogen) atoms. The van der Waals surface area contributed by atoms with Crippen LogP contribution in [0, 0.1) is 17.3 Å². The number of aliphatic hydroxyl groups excluding tert-OH is 1. The van der Waals surface area contributed by atoms with Crippen molar-refractivity contribution in [2.45, 2.75) is 13.0 Å². The van der Waals surface area contributed by atoms with E-state index < -0.39 is 17.5 Å². The van der Waals surface area contributed by atoms with Crippen molar-refractivity contribution in [3.8, 4) is 0 Å². The molecule has 2 aliphatic rings. The molecular formula is C16H19NO5. The van der Waals surface area contributed by atoms with Gasteiger partial charge in [-0.1, -0.05) is 30.3 Å². The fourth-order valence-electron chi connectivity index (χ4n) is 3.66. The zero-order valence-corrected chi connectivity index (χ0v) is 12.1. The lowest BCUT2D eigenvalue weighted by molar-refractivity contribution is -0.164. The lowest BCUT2D eigenvalue weighted by atomic mass is 9.55. The Morgan fingerprint density at radius 1 is 1.32 bits per heavy atom. The Bertz CT molecular complexity index is 575. The molecule has 0 bridgehead atoms. The van der Waals surface area contributed by atoms with Crippen molar-refractivity contribution in [3.05, 3.63) is 35.9 Å². The predicted octanol–water partition coefficient (Wildman–Crippen LogP) is 1.34. The molecule has 1 amide bonds. The topological polar surface area (TPSA) is 87.1 Å². The summed E-state index contributed by atoms with van der Waals surface area (Å²) in [6, 6.07) is 9.34. The van der Waals surface area contributed by atoms with Gasteiger partial charge in [0.2, 0.25) is 0 Å². The molecule has 1 heterocycles. The monoisotopic (exact) mass is 305 g/mol. The van der Waals surface area contributed by atoms with Crippen LogP contribution in [0.1, 0.15) is 12.0 Å². The van der Waals surface area contributed by atoms with Gasteiger partial charge in [0.25, 0.3) is 0 Å². The second kappa shape index (κ2) is 5.61. The Morgan fingerprint density at radius 3 is 2.68 bits per heavy atom. The van der Waals surface area contributed by atoms with E-state index in [4.69, 9.17) is 4.74 Å². The average Bonchev–Trinajstić information content (AvgIpc) is 2.81. The third-order valence-electron chi connectivity index (χ3n) is 4.92. The van der Waals surface area contributed by atoms with E-state index in [0.29, 0.717) is 13.0 Å². The summed E-state index contributed by atoms with van der Waals surface area (Å²) < 4.78 is 5.26. The number of likely N-dealkylation sites (tertiary alicyclic amines) is 1. The number of fused-ring (bicyclic) bond motifs is 1. The molecule has 1 aliphatic carbocycles. The molecule has 0 radical (unpaired) electrons. The maximum Gasteiger partial charge on any atom is 0.410 e. The number of carbonyl (C=O) groups is 2. The van der Waals surface area contributed by atoms with E-state index in [1.807, 2.05) is 30.3 Å². The summed E-state index contributed by atoms with van der Waals surface area (Å²) in [6.07, 6.45) is -0.0676. The molecule has 1 saturated carbocycles. The zero-order valence-electron chi connectivity index (χ0n) is 12.1. The molecule has 2 fully saturated rings. The van der Waals surface area contributed by atoms with Crippen LogP contribution in [0.3, 0.4) is 0 Å². The van der Waals surface area contributed by atoms with Crippen molar-refractivity contribution in [2.75, 3.05) is 19.7 Å². The number of carboxylic acids is 1. The van der Waals surface area contributed by atoms with Crippen molar-refractivity contribution >= 4 is 12.1 Å². The van der Waals surface area contributed by atoms with Crippen LogP contribution in [-0.4, -0.2) is 46.9 Å². The van der Waals surface area contributed by atoms with Crippen molar-refractivity contribution in [1.29, 1.82) is 0 Å². The first-order valence-electron chi connectivity index (χ1n) is 7.37. The van der Waals surface area contributed by atoms with Gasteiger partial charge in [0, 0.05) is 19.7 Å². The molecule has 3 atom stereocenters. The van der Waals surface area contributed by atoms with Crippen molar-refractivity contribution in [3.63, 3.8) is 0 Å². The van der Waals surface area contributed by atoms with Crippen LogP contribution < -0.4 is 0 Å². The van der Waals surface area contributed by atoms with E-state index >= 15 is 0 Å². The number of ether oxygens (including phenoxy) is 1. The largest absolute Gasteiger partial charge is 0.481 e. The first kappa shape index (κ1) is 14.8. The Balaban J connectivity index is 1.62. The van der Waals surface area contributed by atoms with Gasteiger partial charge in [0.1, 0.15) is 6.61 Å². The van der Waals surface area contributed by atoms with Gasteiger partial charge in [-0.2, -0.15) is 0 Å². The summed E-state index contributed by atoms with van der Waals surface area (Å²) in [6.45, 7) is 0.638. The lowest BCUT2D eigenvalue weighted by Gasteiger charge is -2.46. The first-order valence-corrected chi connectivity index (χ1v) is 7.37. The minimum absolute atomic E-state index is 0.0351. The number of nitrogens with zero attached hydrogens (tertiary/aromatic N) is 1. The Hall–Kier alpha value is -2.08. The molecule has 0 spiro atoms. The van der Waals surface area contributed by atoms with Gasteiger partial charge in [-0.15, -0.1) is 0 Å². The minimum Gasteiger partial charge on any atom is -0.481 e. The smallest absolute Gasteiger partial charge is 0.410 e. The van der Waals surface area contributed by atoms with Gasteiger partial charge < -0.3 is 19.8 Å². The molecule has 2 N–H and O–H groups in total. The Labute approximate surface area is 128 Å². The summed E-state index contributed by atoms with van der Waals surface area (Å²) in [5, 5.41) is 18.7. The van der Waals surface area contributed by atoms with Crippen LogP contribution in [0.4, 0.5) is 4.79 Å². The van der Waals surface area contributed by atoms with E-state index in [0.717, 1.165) is 5.56 Å². The fraction of sp³-hybridized carbons (Fsp3) is 0.500. The summed E-state index contributed by atoms with van der Waals surface area (Å²) >= 11 is 0. The van der Waals surface area contributed by atoms with Gasteiger partial charge >= 0.3 is 12.1 Å². The van der Waals surface area contributed by atoms with Crippen LogP contribution in [0.15, 0.2) is 30.3 Å². The highest BCUT2D eigenvalue weighted by Crippen LogP contribution is 2.55. The zero-order chi connectivity index (χ0) is 15.7. The van der Waals surface area contributed by atoms with Gasteiger partial charge in [0.05, 0.1) is 5.41 Å². The number of carbonyl (C=O) groups excluding carboxylic acids is 1. The van der Waals surface area contributed by atoms with Crippen molar-refractivity contribution < 1.29 is 24.5 Å². The summed E-state index contributed by atoms with van der Waals surface area (Å²) in [5.74, 6) is -1.11. The number of benzene rings is 1. The first-order chi connectivity index (χ1) is 10.6. The van der Waals surface area contributed by atoms with Crippen molar-refractivity contribution in [2.24, 2.45) is 17.3 Å². The van der Waals surface area contributed by atoms with E-state index in [-0.39, 0.29) is 31.6 Å². The molecule has 1 aromatic rings. The molecule has 3 rings (SSSR count). The Kier molecular flexibility index (Phi) is 3.78. The normalized spacial score (nSPS) is 29.6. The molecule has 0 aromatic heterocycles. The van der Waals surface area contributed by atoms with E-state index in [1.54, 1.807) is 0 Å². The van der Waals surface area contributed by atoms with Crippen molar-refractivity contribution in [1.82, 2.24) is 4.90 Å². The number of hydrogen-bond acceptors (Lipinski definition) is 4. The standard InChI is InChI=1S/C16H19NO5/c18-8-12-6-16(14(19)20)10-17(7-13(12)16)15(21)22-9-11-4-2-1-3-5-11/h1-5,12-13,18H,6-10H2,(H,19,20)/t12?,13-,16+/m0/s1. The lowest BCUT2D eigenvalue weighted by Crippen LogP contribution is -2.53. The molecule has 1 aliphatic heterocycles. The average molecular weight is 305 g/mol. The van der Waals surface area contributed by atoms with Gasteiger partial charge in [-0.3, -0.25) is 4.79 Å². The van der Waals surface area contributed by atoms with Gasteiger partial charge in [-0.05, 0) is 23.8 Å². The maximum atomic E-state index is 12.1. The number of rotatable bonds is 4. The minimum atomic E-state index is -0.904. The third-order valence-corrected chi connectivity index (χ3v) is 4.92. The second-order valence-electron chi connectivity index (χ2n) is 6.14. The van der Waals surface area contributed by atoms with Crippen LogP contribution in [0.2, 0.25) is 0 Å². The van der Waals surface area contributed by atoms with Crippen LogP contribution in [-0.2, 0) is 16.1 Å². The second-order valence-corrected chi connectivity index (χ2v) is 6.14. The summed E-state index contributed by atoms with van der Waals surface area (Å²) in [4.78, 5) is 25.1. The van der Waals surface area contributed by atoms with Crippen LogP contribution in [0.25, 0.3) is 0 Å². The molecule has 6 heteroatoms. The Morgan fingerprint density at radius 2 is 2.05 bits per heavy atom. The molecule has 6 nitrogen and oxygen atoms in total. The number of carboxylic acid groups (broad SMARTS) is 1. The molecular weight excluding hydrogens is 286 g/mol. The summed E-state index contributed by atoms with van der Waals surface area (Å²) in [7, 11) is 0. The number of aliphatic carboxylic acids is 1. The van der Waals surface area contributed by atoms with Crippen LogP contribution >= 0.6 is 0 Å². The quantitative estimate of drug-likeness (QED) is 0.876. The molecule has 1 saturated heterocycles. The number of amides is 1. The highest BCUT2D eigenvalue weighted by molar-refractivity contribution is 5.80. The van der Waals surface area contributed by atoms with E-state index in [2.05, 4.69) is 0 Å². The van der Waals surface area contributed by atoms with E-state index in [9.17, 15) is 19.8 Å². The summed E-state index contributed by atoms with van der Waals surface area (Å²) in [5.41, 5.74) is -0.0155. The predicted molar refractivity (Wildman–Crippen MR) is 77.0 cm³/mol. The highest BCUT2D eigenvalue weighted by Gasteiger charge is 2.64. The molecule has 1 unspecified atom stereocenters. The molecule has 118 valence electrons. The number of aliphatic hydroxyl groups is 1. The fourth-order valence-corrected chi connectivity index (χ4v) is 3.66. The van der Waals surface area contributed by atoms with E-state index in [1.165, 1.54) is 4.90 Å².